The van der Waals surface area contributed by atoms with Gasteiger partial charge in [-0.05, 0) is 98.2 Å². The molecule has 2 aromatic rings. The first kappa shape index (κ1) is 24.3. The second-order valence-electron chi connectivity index (χ2n) is 9.33. The minimum absolute atomic E-state index is 0.159. The van der Waals surface area contributed by atoms with E-state index in [2.05, 4.69) is 48.4 Å². The maximum Gasteiger partial charge on any atom is 0.115 e. The Bertz CT molecular complexity index is 1020. The number of benzene rings is 2. The van der Waals surface area contributed by atoms with Gasteiger partial charge in [0.2, 0.25) is 0 Å². The van der Waals surface area contributed by atoms with Gasteiger partial charge in [0.15, 0.2) is 0 Å². The van der Waals surface area contributed by atoms with Gasteiger partial charge in [-0.15, -0.1) is 0 Å². The van der Waals surface area contributed by atoms with E-state index in [0.717, 1.165) is 43.6 Å². The van der Waals surface area contributed by atoms with Gasteiger partial charge in [-0.25, -0.2) is 0 Å². The van der Waals surface area contributed by atoms with E-state index in [1.54, 1.807) is 12.1 Å². The van der Waals surface area contributed by atoms with Crippen molar-refractivity contribution >= 4 is 11.1 Å². The number of hydrogen-bond acceptors (Lipinski definition) is 4. The van der Waals surface area contributed by atoms with Gasteiger partial charge in [0.25, 0.3) is 0 Å². The third-order valence-corrected chi connectivity index (χ3v) is 7.01. The molecule has 1 fully saturated rings. The lowest BCUT2D eigenvalue weighted by Crippen LogP contribution is -2.26. The fourth-order valence-electron chi connectivity index (χ4n) is 5.11. The molecule has 0 radical (unpaired) electrons. The summed E-state index contributed by atoms with van der Waals surface area (Å²) in [6.07, 6.45) is 11.3. The Balaban J connectivity index is 1.61. The number of phenols is 1. The van der Waals surface area contributed by atoms with Crippen LogP contribution in [0.15, 0.2) is 78.1 Å². The van der Waals surface area contributed by atoms with Crippen LogP contribution in [-0.4, -0.2) is 48.0 Å². The van der Waals surface area contributed by atoms with Gasteiger partial charge in [-0.3, -0.25) is 0 Å². The zero-order valence-corrected chi connectivity index (χ0v) is 20.2. The van der Waals surface area contributed by atoms with Crippen LogP contribution in [0.4, 0.5) is 0 Å². The predicted molar refractivity (Wildman–Crippen MR) is 139 cm³/mol. The first-order chi connectivity index (χ1) is 16.7. The number of rotatable bonds is 10. The average molecular weight is 460 g/mol. The Kier molecular flexibility index (Phi) is 8.62. The molecule has 2 aromatic carbocycles. The fourth-order valence-corrected chi connectivity index (χ4v) is 5.11. The van der Waals surface area contributed by atoms with Crippen LogP contribution < -0.4 is 0 Å². The lowest BCUT2D eigenvalue weighted by molar-refractivity contribution is 0.166. The molecule has 0 amide bonds. The molecule has 4 nitrogen and oxygen atoms in total. The topological polar surface area (TPSA) is 52.9 Å². The smallest absolute Gasteiger partial charge is 0.115 e. The Hall–Kier alpha value is -2.82. The molecule has 1 atom stereocenters. The van der Waals surface area contributed by atoms with Crippen LogP contribution in [0.3, 0.4) is 0 Å². The van der Waals surface area contributed by atoms with Crippen molar-refractivity contribution in [1.82, 2.24) is 4.90 Å². The summed E-state index contributed by atoms with van der Waals surface area (Å²) in [6.45, 7) is 2.13. The summed E-state index contributed by atoms with van der Waals surface area (Å²) >= 11 is 0. The van der Waals surface area contributed by atoms with E-state index in [-0.39, 0.29) is 12.4 Å². The lowest BCUT2D eigenvalue weighted by Gasteiger charge is -2.23. The van der Waals surface area contributed by atoms with E-state index < -0.39 is 0 Å². The van der Waals surface area contributed by atoms with E-state index in [1.165, 1.54) is 41.7 Å². The van der Waals surface area contributed by atoms with Crippen molar-refractivity contribution < 1.29 is 14.9 Å². The van der Waals surface area contributed by atoms with Crippen LogP contribution in [0.1, 0.15) is 56.1 Å². The number of aliphatic hydroxyl groups excluding tert-OH is 1. The summed E-state index contributed by atoms with van der Waals surface area (Å²) in [4.78, 5) is 2.45. The van der Waals surface area contributed by atoms with Crippen molar-refractivity contribution in [2.75, 3.05) is 26.8 Å². The number of aromatic hydroxyl groups is 1. The van der Waals surface area contributed by atoms with Gasteiger partial charge in [0.1, 0.15) is 5.75 Å². The predicted octanol–water partition coefficient (Wildman–Crippen LogP) is 6.18. The number of phenolic OH excluding ortho intramolecular Hbond substituents is 1. The van der Waals surface area contributed by atoms with Crippen molar-refractivity contribution in [3.8, 4) is 5.75 Å². The SMILES string of the molecule is CN1CCC[C@H]1CCOC1=CC=C(/C(=C(/CCCO)c2ccccc2)c2ccc(O)cc2)CC1. The van der Waals surface area contributed by atoms with E-state index in [4.69, 9.17) is 4.74 Å². The number of likely N-dealkylation sites (tertiary alicyclic amines) is 1. The average Bonchev–Trinajstić information content (AvgIpc) is 3.28. The zero-order valence-electron chi connectivity index (χ0n) is 20.2. The molecule has 1 saturated heterocycles. The van der Waals surface area contributed by atoms with Crippen LogP contribution >= 0.6 is 0 Å². The van der Waals surface area contributed by atoms with Crippen LogP contribution in [0, 0.1) is 0 Å². The summed E-state index contributed by atoms with van der Waals surface area (Å²) in [5.41, 5.74) is 5.95. The maximum atomic E-state index is 9.87. The minimum atomic E-state index is 0.159. The highest BCUT2D eigenvalue weighted by Crippen LogP contribution is 2.39. The maximum absolute atomic E-state index is 9.87. The zero-order chi connectivity index (χ0) is 23.8. The fraction of sp³-hybridized carbons (Fsp3) is 0.400. The third-order valence-electron chi connectivity index (χ3n) is 7.01. The number of allylic oxidation sites excluding steroid dienone is 6. The number of ether oxygens (including phenoxy) is 1. The highest BCUT2D eigenvalue weighted by Gasteiger charge is 2.21. The summed E-state index contributed by atoms with van der Waals surface area (Å²) in [6, 6.07) is 18.6. The van der Waals surface area contributed by atoms with E-state index in [1.807, 2.05) is 18.2 Å². The Morgan fingerprint density at radius 1 is 1.00 bits per heavy atom. The Labute approximate surface area is 203 Å². The van der Waals surface area contributed by atoms with Crippen LogP contribution in [0.2, 0.25) is 0 Å². The normalized spacial score (nSPS) is 19.4. The molecule has 0 aromatic heterocycles. The van der Waals surface area contributed by atoms with Crippen LogP contribution in [0.25, 0.3) is 11.1 Å². The largest absolute Gasteiger partial charge is 0.508 e. The summed E-state index contributed by atoms with van der Waals surface area (Å²) < 4.78 is 6.16. The Morgan fingerprint density at radius 3 is 2.44 bits per heavy atom. The first-order valence-corrected chi connectivity index (χ1v) is 12.6. The summed E-state index contributed by atoms with van der Waals surface area (Å²) in [7, 11) is 2.21. The van der Waals surface area contributed by atoms with Crippen molar-refractivity contribution in [2.24, 2.45) is 0 Å². The lowest BCUT2D eigenvalue weighted by atomic mass is 9.84. The van der Waals surface area contributed by atoms with Gasteiger partial charge in [-0.2, -0.15) is 0 Å². The van der Waals surface area contributed by atoms with Crippen molar-refractivity contribution in [1.29, 1.82) is 0 Å². The van der Waals surface area contributed by atoms with Crippen LogP contribution in [-0.2, 0) is 4.74 Å². The number of nitrogens with zero attached hydrogens (tertiary/aromatic N) is 1. The van der Waals surface area contributed by atoms with Crippen molar-refractivity contribution in [2.45, 2.75) is 51.0 Å². The summed E-state index contributed by atoms with van der Waals surface area (Å²) in [5.74, 6) is 1.33. The molecular formula is C30H37NO3. The molecule has 1 aliphatic heterocycles. The monoisotopic (exact) mass is 459 g/mol. The highest BCUT2D eigenvalue weighted by atomic mass is 16.5. The minimum Gasteiger partial charge on any atom is -0.508 e. The van der Waals surface area contributed by atoms with Gasteiger partial charge >= 0.3 is 0 Å². The molecule has 0 bridgehead atoms. The molecule has 1 aliphatic carbocycles. The van der Waals surface area contributed by atoms with E-state index in [9.17, 15) is 10.2 Å². The highest BCUT2D eigenvalue weighted by molar-refractivity contribution is 5.98. The van der Waals surface area contributed by atoms with Crippen LogP contribution in [0.5, 0.6) is 5.75 Å². The molecular weight excluding hydrogens is 422 g/mol. The molecule has 2 aliphatic rings. The van der Waals surface area contributed by atoms with Gasteiger partial charge < -0.3 is 19.8 Å². The third kappa shape index (κ3) is 6.19. The molecule has 0 saturated carbocycles. The van der Waals surface area contributed by atoms with Gasteiger partial charge in [0, 0.05) is 19.1 Å². The van der Waals surface area contributed by atoms with E-state index in [0.29, 0.717) is 12.5 Å². The molecule has 4 heteroatoms. The first-order valence-electron chi connectivity index (χ1n) is 12.6. The summed E-state index contributed by atoms with van der Waals surface area (Å²) in [5, 5.41) is 19.4. The van der Waals surface area contributed by atoms with Gasteiger partial charge in [-0.1, -0.05) is 48.5 Å². The molecule has 0 spiro atoms. The molecule has 34 heavy (non-hydrogen) atoms. The molecule has 4 rings (SSSR count). The quantitative estimate of drug-likeness (QED) is 0.417. The number of hydrogen-bond donors (Lipinski definition) is 2. The molecule has 2 N–H and O–H groups in total. The Morgan fingerprint density at radius 2 is 1.79 bits per heavy atom. The molecule has 180 valence electrons. The van der Waals surface area contributed by atoms with Crippen molar-refractivity contribution in [3.05, 3.63) is 89.2 Å². The standard InChI is InChI=1S/C30H37NO3/c1-31-20-5-9-26(31)19-22-34-28-17-13-25(14-18-28)30(24-11-15-27(33)16-12-24)29(10-6-21-32)23-7-3-2-4-8-23/h2-4,7-8,11-13,15-17,26,32-33H,5-6,9-10,14,18-22H2,1H3/b30-29-/t26-/m0/s1. The van der Waals surface area contributed by atoms with E-state index >= 15 is 0 Å². The van der Waals surface area contributed by atoms with Crippen molar-refractivity contribution in [3.63, 3.8) is 0 Å². The number of aliphatic hydroxyl groups is 1. The second kappa shape index (κ2) is 12.0. The molecule has 0 unspecified atom stereocenters. The molecule has 1 heterocycles. The second-order valence-corrected chi connectivity index (χ2v) is 9.33. The van der Waals surface area contributed by atoms with Gasteiger partial charge in [0.05, 0.1) is 12.4 Å².